The van der Waals surface area contributed by atoms with Crippen LogP contribution >= 0.6 is 0 Å². The fraction of sp³-hybridized carbons (Fsp3) is 0.158. The molecule has 3 heteroatoms. The van der Waals surface area contributed by atoms with Gasteiger partial charge in [-0.15, -0.1) is 0 Å². The van der Waals surface area contributed by atoms with Gasteiger partial charge in [-0.1, -0.05) is 0 Å². The van der Waals surface area contributed by atoms with E-state index < -0.39 is 6.10 Å². The van der Waals surface area contributed by atoms with Gasteiger partial charge in [0.25, 0.3) is 0 Å². The molecule has 0 amide bonds. The standard InChI is InChI=1S/C19H18O2Se/c20-17(13-21-18-8-2-1-3-9-18)14-22-19-11-10-15-6-4-5-7-16(15)12-19/h1-12,17,20H,13-14H2/t17-/m1/s1. The van der Waals surface area contributed by atoms with Crippen molar-refractivity contribution in [2.75, 3.05) is 6.61 Å². The number of para-hydroxylation sites is 1. The number of fused-ring (bicyclic) bond motifs is 1. The molecule has 112 valence electrons. The van der Waals surface area contributed by atoms with Gasteiger partial charge in [-0.3, -0.25) is 0 Å². The van der Waals surface area contributed by atoms with E-state index in [4.69, 9.17) is 4.74 Å². The third-order valence-electron chi connectivity index (χ3n) is 3.35. The Kier molecular flexibility index (Phi) is 5.12. The molecule has 0 saturated heterocycles. The molecule has 0 aromatic heterocycles. The SMILES string of the molecule is O[C@H](COc1ccccc1)C[Se]c1ccc2ccccc2c1. The first-order valence-corrected chi connectivity index (χ1v) is 9.35. The molecule has 1 N–H and O–H groups in total. The van der Waals surface area contributed by atoms with Crippen LogP contribution in [0.15, 0.2) is 72.8 Å². The summed E-state index contributed by atoms with van der Waals surface area (Å²) in [5.41, 5.74) is 0. The van der Waals surface area contributed by atoms with Gasteiger partial charge in [0.1, 0.15) is 0 Å². The molecule has 0 unspecified atom stereocenters. The molecule has 3 rings (SSSR count). The Balaban J connectivity index is 1.52. The van der Waals surface area contributed by atoms with Crippen LogP contribution in [0.1, 0.15) is 0 Å². The van der Waals surface area contributed by atoms with Crippen LogP contribution in [-0.4, -0.2) is 32.8 Å². The molecule has 0 aliphatic heterocycles. The maximum atomic E-state index is 10.1. The third-order valence-corrected chi connectivity index (χ3v) is 5.74. The van der Waals surface area contributed by atoms with E-state index in [2.05, 4.69) is 42.5 Å². The molecule has 3 aromatic carbocycles. The van der Waals surface area contributed by atoms with E-state index in [1.54, 1.807) is 0 Å². The molecule has 0 heterocycles. The van der Waals surface area contributed by atoms with Crippen molar-refractivity contribution in [3.05, 3.63) is 72.8 Å². The molecule has 0 spiro atoms. The summed E-state index contributed by atoms with van der Waals surface area (Å²) >= 11 is 0.253. The topological polar surface area (TPSA) is 29.5 Å². The summed E-state index contributed by atoms with van der Waals surface area (Å²) < 4.78 is 6.90. The van der Waals surface area contributed by atoms with Gasteiger partial charge in [0.05, 0.1) is 0 Å². The average Bonchev–Trinajstić information content (AvgIpc) is 2.59. The molecule has 0 aliphatic rings. The van der Waals surface area contributed by atoms with Crippen LogP contribution in [0, 0.1) is 0 Å². The number of ether oxygens (including phenoxy) is 1. The van der Waals surface area contributed by atoms with Crippen molar-refractivity contribution < 1.29 is 9.84 Å². The first kappa shape index (κ1) is 15.1. The van der Waals surface area contributed by atoms with Crippen molar-refractivity contribution in [3.8, 4) is 5.75 Å². The molecular formula is C19H18O2Se. The zero-order chi connectivity index (χ0) is 15.2. The third kappa shape index (κ3) is 4.11. The maximum absolute atomic E-state index is 10.1. The summed E-state index contributed by atoms with van der Waals surface area (Å²) in [7, 11) is 0. The molecule has 1 atom stereocenters. The summed E-state index contributed by atoms with van der Waals surface area (Å²) in [5, 5.41) is 13.4. The van der Waals surface area contributed by atoms with Gasteiger partial charge < -0.3 is 0 Å². The number of benzene rings is 3. The van der Waals surface area contributed by atoms with Crippen molar-refractivity contribution >= 4 is 30.2 Å². The van der Waals surface area contributed by atoms with Crippen LogP contribution in [0.5, 0.6) is 5.75 Å². The Morgan fingerprint density at radius 2 is 1.59 bits per heavy atom. The van der Waals surface area contributed by atoms with Crippen molar-refractivity contribution in [2.45, 2.75) is 11.4 Å². The van der Waals surface area contributed by atoms with Crippen molar-refractivity contribution in [3.63, 3.8) is 0 Å². The van der Waals surface area contributed by atoms with Gasteiger partial charge in [0, 0.05) is 0 Å². The van der Waals surface area contributed by atoms with Gasteiger partial charge in [-0.05, 0) is 0 Å². The number of rotatable bonds is 6. The van der Waals surface area contributed by atoms with E-state index in [1.165, 1.54) is 15.2 Å². The van der Waals surface area contributed by atoms with Crippen LogP contribution in [0.2, 0.25) is 5.32 Å². The van der Waals surface area contributed by atoms with E-state index in [0.717, 1.165) is 11.1 Å². The monoisotopic (exact) mass is 358 g/mol. The fourth-order valence-electron chi connectivity index (χ4n) is 2.21. The molecule has 2 nitrogen and oxygen atoms in total. The summed E-state index contributed by atoms with van der Waals surface area (Å²) in [5.74, 6) is 0.805. The van der Waals surface area contributed by atoms with Gasteiger partial charge in [0.15, 0.2) is 0 Å². The van der Waals surface area contributed by atoms with Gasteiger partial charge >= 0.3 is 137 Å². The zero-order valence-corrected chi connectivity index (χ0v) is 13.9. The first-order valence-electron chi connectivity index (χ1n) is 7.29. The second-order valence-electron chi connectivity index (χ2n) is 5.10. The number of hydrogen-bond acceptors (Lipinski definition) is 2. The minimum atomic E-state index is -0.424. The number of aliphatic hydroxyl groups is 1. The van der Waals surface area contributed by atoms with Crippen LogP contribution < -0.4 is 9.20 Å². The Morgan fingerprint density at radius 3 is 2.41 bits per heavy atom. The Bertz CT molecular complexity index is 728. The fourth-order valence-corrected chi connectivity index (χ4v) is 4.00. The van der Waals surface area contributed by atoms with E-state index in [1.807, 2.05) is 30.3 Å². The Morgan fingerprint density at radius 1 is 0.864 bits per heavy atom. The van der Waals surface area contributed by atoms with Crippen LogP contribution in [-0.2, 0) is 0 Å². The molecule has 0 aliphatic carbocycles. The van der Waals surface area contributed by atoms with Crippen LogP contribution in [0.4, 0.5) is 0 Å². The van der Waals surface area contributed by atoms with Crippen LogP contribution in [0.25, 0.3) is 10.8 Å². The molecule has 0 saturated carbocycles. The van der Waals surface area contributed by atoms with Gasteiger partial charge in [-0.2, -0.15) is 0 Å². The van der Waals surface area contributed by atoms with Gasteiger partial charge in [0.2, 0.25) is 0 Å². The number of aliphatic hydroxyl groups excluding tert-OH is 1. The van der Waals surface area contributed by atoms with Crippen LogP contribution in [0.3, 0.4) is 0 Å². The van der Waals surface area contributed by atoms with E-state index in [0.29, 0.717) is 6.61 Å². The molecule has 0 radical (unpaired) electrons. The average molecular weight is 357 g/mol. The zero-order valence-electron chi connectivity index (χ0n) is 12.2. The van der Waals surface area contributed by atoms with Crippen molar-refractivity contribution in [1.82, 2.24) is 0 Å². The Labute approximate surface area is 136 Å². The predicted octanol–water partition coefficient (Wildman–Crippen LogP) is 3.03. The second-order valence-corrected chi connectivity index (χ2v) is 7.39. The molecule has 3 aromatic rings. The summed E-state index contributed by atoms with van der Waals surface area (Å²) in [6.07, 6.45) is -0.424. The quantitative estimate of drug-likeness (QED) is 0.688. The van der Waals surface area contributed by atoms with E-state index in [9.17, 15) is 5.11 Å². The van der Waals surface area contributed by atoms with E-state index >= 15 is 0 Å². The van der Waals surface area contributed by atoms with Crippen molar-refractivity contribution in [2.24, 2.45) is 0 Å². The molecule has 0 fully saturated rings. The summed E-state index contributed by atoms with van der Waals surface area (Å²) in [6.45, 7) is 0.347. The van der Waals surface area contributed by atoms with Crippen molar-refractivity contribution in [1.29, 1.82) is 0 Å². The molecule has 0 bridgehead atoms. The molecular weight excluding hydrogens is 339 g/mol. The minimum absolute atomic E-state index is 0.253. The molecule has 22 heavy (non-hydrogen) atoms. The number of hydrogen-bond donors (Lipinski definition) is 1. The Hall–Kier alpha value is -1.80. The van der Waals surface area contributed by atoms with Gasteiger partial charge in [-0.25, -0.2) is 0 Å². The van der Waals surface area contributed by atoms with E-state index in [-0.39, 0.29) is 15.0 Å². The first-order chi connectivity index (χ1) is 10.8. The summed E-state index contributed by atoms with van der Waals surface area (Å²) in [4.78, 5) is 0. The summed E-state index contributed by atoms with van der Waals surface area (Å²) in [6, 6.07) is 24.5. The normalized spacial score (nSPS) is 12.2. The second kappa shape index (κ2) is 7.46. The predicted molar refractivity (Wildman–Crippen MR) is 92.1 cm³/mol.